The zero-order valence-corrected chi connectivity index (χ0v) is 19.1. The van der Waals surface area contributed by atoms with Crippen LogP contribution in [0.3, 0.4) is 0 Å². The van der Waals surface area contributed by atoms with E-state index in [4.69, 9.17) is 21.7 Å². The molecule has 0 spiro atoms. The van der Waals surface area contributed by atoms with Crippen molar-refractivity contribution in [3.05, 3.63) is 54.1 Å². The first-order valence-electron chi connectivity index (χ1n) is 9.41. The van der Waals surface area contributed by atoms with E-state index in [1.807, 2.05) is 6.92 Å². The second-order valence-corrected chi connectivity index (χ2v) is 8.49. The lowest BCUT2D eigenvalue weighted by molar-refractivity contribution is -0.115. The molecule has 0 aromatic heterocycles. The highest BCUT2D eigenvalue weighted by atomic mass is 32.2. The third-order valence-electron chi connectivity index (χ3n) is 4.04. The average molecular weight is 464 g/mol. The van der Waals surface area contributed by atoms with Gasteiger partial charge in [0.15, 0.2) is 16.6 Å². The highest BCUT2D eigenvalue weighted by Crippen LogP contribution is 2.27. The predicted octanol–water partition coefficient (Wildman–Crippen LogP) is 2.92. The fourth-order valence-corrected chi connectivity index (χ4v) is 3.83. The summed E-state index contributed by atoms with van der Waals surface area (Å²) in [5.74, 6) is 0.724. The van der Waals surface area contributed by atoms with Crippen molar-refractivity contribution in [3.8, 4) is 11.5 Å². The molecule has 8 nitrogen and oxygen atoms in total. The van der Waals surface area contributed by atoms with Crippen molar-refractivity contribution in [2.45, 2.75) is 18.2 Å². The Morgan fingerprint density at radius 2 is 1.74 bits per heavy atom. The van der Waals surface area contributed by atoms with E-state index in [1.54, 1.807) is 43.5 Å². The van der Waals surface area contributed by atoms with Gasteiger partial charge in [-0.3, -0.25) is 10.1 Å². The van der Waals surface area contributed by atoms with Crippen LogP contribution in [-0.4, -0.2) is 40.2 Å². The number of hydrogen-bond acceptors (Lipinski definition) is 6. The molecule has 0 saturated heterocycles. The fourth-order valence-electron chi connectivity index (χ4n) is 2.48. The number of ether oxygens (including phenoxy) is 2. The number of hydrogen-bond donors (Lipinski definition) is 3. The zero-order chi connectivity index (χ0) is 22.9. The molecule has 0 aliphatic carbocycles. The number of amides is 1. The van der Waals surface area contributed by atoms with Gasteiger partial charge in [-0.15, -0.1) is 0 Å². The van der Waals surface area contributed by atoms with Gasteiger partial charge in [0, 0.05) is 18.3 Å². The van der Waals surface area contributed by atoms with Gasteiger partial charge in [0.25, 0.3) is 0 Å². The summed E-state index contributed by atoms with van der Waals surface area (Å²) in [7, 11) is -0.456. The minimum absolute atomic E-state index is 0.0849. The summed E-state index contributed by atoms with van der Waals surface area (Å²) in [6, 6.07) is 11.3. The number of nitrogens with one attached hydrogen (secondary N) is 3. The standard InChI is InChI=1S/C21H25N3O5S2/c1-4-13-22-31(26,27)17-9-7-16(8-10-17)23-21(30)24-20(25)12-6-15-5-11-18(28-2)19(14-15)29-3/h5-12,14,22H,4,13H2,1-3H3,(H2,23,24,25,30). The summed E-state index contributed by atoms with van der Waals surface area (Å²) >= 11 is 5.14. The van der Waals surface area contributed by atoms with E-state index in [2.05, 4.69) is 15.4 Å². The average Bonchev–Trinajstić information content (AvgIpc) is 2.76. The van der Waals surface area contributed by atoms with Crippen LogP contribution in [0.4, 0.5) is 5.69 Å². The molecule has 0 aliphatic rings. The van der Waals surface area contributed by atoms with Gasteiger partial charge < -0.3 is 14.8 Å². The number of carbonyl (C=O) groups is 1. The van der Waals surface area contributed by atoms with E-state index < -0.39 is 15.9 Å². The second-order valence-electron chi connectivity index (χ2n) is 6.31. The number of methoxy groups -OCH3 is 2. The molecule has 0 radical (unpaired) electrons. The summed E-state index contributed by atoms with van der Waals surface area (Å²) in [6.45, 7) is 2.25. The highest BCUT2D eigenvalue weighted by molar-refractivity contribution is 7.89. The minimum atomic E-state index is -3.54. The number of sulfonamides is 1. The topological polar surface area (TPSA) is 106 Å². The van der Waals surface area contributed by atoms with E-state index >= 15 is 0 Å². The molecule has 0 aliphatic heterocycles. The van der Waals surface area contributed by atoms with Crippen molar-refractivity contribution in [2.24, 2.45) is 0 Å². The van der Waals surface area contributed by atoms with Crippen LogP contribution < -0.4 is 24.8 Å². The van der Waals surface area contributed by atoms with Crippen LogP contribution in [0.25, 0.3) is 6.08 Å². The number of rotatable bonds is 9. The van der Waals surface area contributed by atoms with Crippen molar-refractivity contribution in [1.29, 1.82) is 0 Å². The SMILES string of the molecule is CCCNS(=O)(=O)c1ccc(NC(=S)NC(=O)C=Cc2ccc(OC)c(OC)c2)cc1. The highest BCUT2D eigenvalue weighted by Gasteiger charge is 2.12. The first-order valence-corrected chi connectivity index (χ1v) is 11.3. The number of thiocarbonyl (C=S) groups is 1. The molecule has 10 heteroatoms. The molecule has 1 amide bonds. The molecule has 0 unspecified atom stereocenters. The van der Waals surface area contributed by atoms with Gasteiger partial charge in [0.05, 0.1) is 19.1 Å². The largest absolute Gasteiger partial charge is 0.493 e. The molecule has 0 heterocycles. The van der Waals surface area contributed by atoms with Crippen molar-refractivity contribution >= 4 is 45.0 Å². The quantitative estimate of drug-likeness (QED) is 0.388. The van der Waals surface area contributed by atoms with Crippen LogP contribution in [0, 0.1) is 0 Å². The molecule has 2 aromatic carbocycles. The fraction of sp³-hybridized carbons (Fsp3) is 0.238. The molecule has 0 bridgehead atoms. The molecule has 2 aromatic rings. The second kappa shape index (κ2) is 11.4. The van der Waals surface area contributed by atoms with Crippen molar-refractivity contribution in [3.63, 3.8) is 0 Å². The van der Waals surface area contributed by atoms with Crippen molar-refractivity contribution in [2.75, 3.05) is 26.1 Å². The lowest BCUT2D eigenvalue weighted by Crippen LogP contribution is -2.32. The first-order chi connectivity index (χ1) is 14.8. The van der Waals surface area contributed by atoms with Crippen LogP contribution in [0.5, 0.6) is 11.5 Å². The van der Waals surface area contributed by atoms with E-state index in [9.17, 15) is 13.2 Å². The summed E-state index contributed by atoms with van der Waals surface area (Å²) in [6.07, 6.45) is 3.65. The van der Waals surface area contributed by atoms with Gasteiger partial charge in [0.2, 0.25) is 15.9 Å². The molecular formula is C21H25N3O5S2. The monoisotopic (exact) mass is 463 g/mol. The Balaban J connectivity index is 1.93. The zero-order valence-electron chi connectivity index (χ0n) is 17.5. The van der Waals surface area contributed by atoms with Crippen molar-refractivity contribution in [1.82, 2.24) is 10.0 Å². The van der Waals surface area contributed by atoms with Crippen LogP contribution in [0.2, 0.25) is 0 Å². The lowest BCUT2D eigenvalue weighted by Gasteiger charge is -2.10. The van der Waals surface area contributed by atoms with E-state index in [0.717, 1.165) is 5.56 Å². The lowest BCUT2D eigenvalue weighted by atomic mass is 10.2. The van der Waals surface area contributed by atoms with E-state index in [1.165, 1.54) is 25.3 Å². The van der Waals surface area contributed by atoms with Gasteiger partial charge in [0.1, 0.15) is 0 Å². The maximum atomic E-state index is 12.1. The minimum Gasteiger partial charge on any atom is -0.493 e. The third-order valence-corrected chi connectivity index (χ3v) is 5.72. The van der Waals surface area contributed by atoms with Gasteiger partial charge in [-0.25, -0.2) is 13.1 Å². The summed E-state index contributed by atoms with van der Waals surface area (Å²) in [5, 5.41) is 5.46. The van der Waals surface area contributed by atoms with Gasteiger partial charge >= 0.3 is 0 Å². The Morgan fingerprint density at radius 1 is 1.06 bits per heavy atom. The molecule has 0 saturated carbocycles. The van der Waals surface area contributed by atoms with Crippen molar-refractivity contribution < 1.29 is 22.7 Å². The normalized spacial score (nSPS) is 11.2. The third kappa shape index (κ3) is 7.35. The molecule has 31 heavy (non-hydrogen) atoms. The van der Waals surface area contributed by atoms with Gasteiger partial charge in [-0.05, 0) is 66.7 Å². The van der Waals surface area contributed by atoms with E-state index in [0.29, 0.717) is 30.2 Å². The number of anilines is 1. The molecule has 2 rings (SSSR count). The van der Waals surface area contributed by atoms with E-state index in [-0.39, 0.29) is 10.0 Å². The van der Waals surface area contributed by atoms with Gasteiger partial charge in [-0.2, -0.15) is 0 Å². The molecule has 166 valence electrons. The Hall–Kier alpha value is -2.95. The summed E-state index contributed by atoms with van der Waals surface area (Å²) in [4.78, 5) is 12.3. The smallest absolute Gasteiger partial charge is 0.250 e. The van der Waals surface area contributed by atoms with Crippen LogP contribution in [0.1, 0.15) is 18.9 Å². The van der Waals surface area contributed by atoms with Crippen LogP contribution in [0.15, 0.2) is 53.4 Å². The molecule has 3 N–H and O–H groups in total. The Kier molecular flexibility index (Phi) is 8.98. The van der Waals surface area contributed by atoms with Crippen LogP contribution >= 0.6 is 12.2 Å². The maximum absolute atomic E-state index is 12.1. The molecule has 0 fully saturated rings. The Morgan fingerprint density at radius 3 is 2.35 bits per heavy atom. The first kappa shape index (κ1) is 24.3. The summed E-state index contributed by atoms with van der Waals surface area (Å²) in [5.41, 5.74) is 1.30. The van der Waals surface area contributed by atoms with Crippen LogP contribution in [-0.2, 0) is 14.8 Å². The summed E-state index contributed by atoms with van der Waals surface area (Å²) < 4.78 is 37.1. The Labute approximate surface area is 187 Å². The molecule has 0 atom stereocenters. The molecular weight excluding hydrogens is 438 g/mol. The number of benzene rings is 2. The maximum Gasteiger partial charge on any atom is 0.250 e. The number of carbonyl (C=O) groups excluding carboxylic acids is 1. The van der Waals surface area contributed by atoms with Gasteiger partial charge in [-0.1, -0.05) is 13.0 Å². The Bertz CT molecular complexity index is 1050. The predicted molar refractivity (Wildman–Crippen MR) is 125 cm³/mol.